The summed E-state index contributed by atoms with van der Waals surface area (Å²) in [6, 6.07) is 4.70. The lowest BCUT2D eigenvalue weighted by Gasteiger charge is -2.06. The summed E-state index contributed by atoms with van der Waals surface area (Å²) in [6.45, 7) is 1.67. The van der Waals surface area contributed by atoms with E-state index in [2.05, 4.69) is 4.74 Å². The minimum absolute atomic E-state index is 0.0446. The lowest BCUT2D eigenvalue weighted by molar-refractivity contribution is 0.0599. The van der Waals surface area contributed by atoms with Crippen molar-refractivity contribution in [1.29, 1.82) is 5.26 Å². The molecule has 0 saturated carbocycles. The van der Waals surface area contributed by atoms with Gasteiger partial charge in [0.1, 0.15) is 17.4 Å². The van der Waals surface area contributed by atoms with Crippen LogP contribution in [0.15, 0.2) is 12.1 Å². The molecule has 4 nitrogen and oxygen atoms in total. The molecule has 1 aromatic rings. The summed E-state index contributed by atoms with van der Waals surface area (Å²) in [5, 5.41) is 18.1. The van der Waals surface area contributed by atoms with Crippen LogP contribution in [0.1, 0.15) is 21.5 Å². The molecule has 0 saturated heterocycles. The number of carbonyl (C=O) groups excluding carboxylic acids is 1. The van der Waals surface area contributed by atoms with E-state index in [0.717, 1.165) is 0 Å². The summed E-state index contributed by atoms with van der Waals surface area (Å²) in [5.41, 5.74) is 0.679. The first-order valence-electron chi connectivity index (χ1n) is 3.92. The zero-order chi connectivity index (χ0) is 10.7. The number of benzene rings is 1. The molecular formula is C10H9NO3. The van der Waals surface area contributed by atoms with Gasteiger partial charge in [0.2, 0.25) is 0 Å². The second-order valence-electron chi connectivity index (χ2n) is 2.75. The van der Waals surface area contributed by atoms with Crippen molar-refractivity contribution in [2.24, 2.45) is 0 Å². The van der Waals surface area contributed by atoms with Crippen LogP contribution in [0.3, 0.4) is 0 Å². The standard InChI is InChI=1S/C10H9NO3/c1-6-3-4-8(12)7(5-11)9(6)10(13)14-2/h3-4,12H,1-2H3. The molecule has 0 fully saturated rings. The molecule has 14 heavy (non-hydrogen) atoms. The number of ether oxygens (including phenoxy) is 1. The normalized spacial score (nSPS) is 9.21. The number of rotatable bonds is 1. The fraction of sp³-hybridized carbons (Fsp3) is 0.200. The molecule has 0 amide bonds. The van der Waals surface area contributed by atoms with E-state index in [-0.39, 0.29) is 16.9 Å². The highest BCUT2D eigenvalue weighted by Crippen LogP contribution is 2.23. The predicted molar refractivity (Wildman–Crippen MR) is 48.9 cm³/mol. The van der Waals surface area contributed by atoms with Crippen molar-refractivity contribution in [3.8, 4) is 11.8 Å². The van der Waals surface area contributed by atoms with Gasteiger partial charge < -0.3 is 9.84 Å². The fourth-order valence-corrected chi connectivity index (χ4v) is 1.17. The van der Waals surface area contributed by atoms with Gasteiger partial charge in [-0.05, 0) is 18.6 Å². The first kappa shape index (κ1) is 10.1. The second kappa shape index (κ2) is 3.79. The van der Waals surface area contributed by atoms with Crippen LogP contribution in [0, 0.1) is 18.3 Å². The van der Waals surface area contributed by atoms with Gasteiger partial charge in [-0.2, -0.15) is 5.26 Å². The maximum atomic E-state index is 11.3. The Bertz CT molecular complexity index is 418. The summed E-state index contributed by atoms with van der Waals surface area (Å²) in [4.78, 5) is 11.3. The molecule has 0 aliphatic heterocycles. The van der Waals surface area contributed by atoms with Crippen molar-refractivity contribution in [2.45, 2.75) is 6.92 Å². The van der Waals surface area contributed by atoms with E-state index in [0.29, 0.717) is 5.56 Å². The fourth-order valence-electron chi connectivity index (χ4n) is 1.17. The lowest BCUT2D eigenvalue weighted by atomic mass is 10.0. The third-order valence-electron chi connectivity index (χ3n) is 1.89. The third-order valence-corrected chi connectivity index (χ3v) is 1.89. The average molecular weight is 191 g/mol. The Balaban J connectivity index is 3.47. The molecule has 0 atom stereocenters. The number of methoxy groups -OCH3 is 1. The summed E-state index contributed by atoms with van der Waals surface area (Å²) in [5.74, 6) is -0.826. The molecule has 0 radical (unpaired) electrons. The SMILES string of the molecule is COC(=O)c1c(C)ccc(O)c1C#N. The van der Waals surface area contributed by atoms with Gasteiger partial charge in [-0.3, -0.25) is 0 Å². The largest absolute Gasteiger partial charge is 0.507 e. The quantitative estimate of drug-likeness (QED) is 0.680. The molecule has 0 unspecified atom stereocenters. The molecule has 1 N–H and O–H groups in total. The highest BCUT2D eigenvalue weighted by molar-refractivity contribution is 5.94. The number of aryl methyl sites for hydroxylation is 1. The van der Waals surface area contributed by atoms with Crippen molar-refractivity contribution in [3.63, 3.8) is 0 Å². The summed E-state index contributed by atoms with van der Waals surface area (Å²) < 4.78 is 4.51. The number of nitriles is 1. The Morgan fingerprint density at radius 3 is 2.71 bits per heavy atom. The zero-order valence-corrected chi connectivity index (χ0v) is 7.87. The molecule has 0 aromatic heterocycles. The number of hydrogen-bond acceptors (Lipinski definition) is 4. The number of hydrogen-bond donors (Lipinski definition) is 1. The maximum absolute atomic E-state index is 11.3. The number of nitrogens with zero attached hydrogens (tertiary/aromatic N) is 1. The number of aromatic hydroxyl groups is 1. The van der Waals surface area contributed by atoms with Crippen molar-refractivity contribution in [2.75, 3.05) is 7.11 Å². The summed E-state index contributed by atoms with van der Waals surface area (Å²) in [7, 11) is 1.23. The van der Waals surface area contributed by atoms with Crippen LogP contribution in [-0.2, 0) is 4.74 Å². The maximum Gasteiger partial charge on any atom is 0.339 e. The Morgan fingerprint density at radius 2 is 2.21 bits per heavy atom. The molecule has 0 bridgehead atoms. The monoisotopic (exact) mass is 191 g/mol. The highest BCUT2D eigenvalue weighted by Gasteiger charge is 2.17. The predicted octanol–water partition coefficient (Wildman–Crippen LogP) is 1.36. The molecule has 0 aliphatic carbocycles. The first-order valence-corrected chi connectivity index (χ1v) is 3.92. The molecule has 1 aromatic carbocycles. The second-order valence-corrected chi connectivity index (χ2v) is 2.75. The van der Waals surface area contributed by atoms with Gasteiger partial charge in [0.05, 0.1) is 12.7 Å². The van der Waals surface area contributed by atoms with Gasteiger partial charge in [-0.1, -0.05) is 6.07 Å². The van der Waals surface area contributed by atoms with Gasteiger partial charge in [-0.15, -0.1) is 0 Å². The number of phenolic OH excluding ortho intramolecular Hbond substituents is 1. The van der Waals surface area contributed by atoms with E-state index >= 15 is 0 Å². The minimum atomic E-state index is -0.616. The molecule has 72 valence electrons. The smallest absolute Gasteiger partial charge is 0.339 e. The highest BCUT2D eigenvalue weighted by atomic mass is 16.5. The minimum Gasteiger partial charge on any atom is -0.507 e. The molecule has 1 rings (SSSR count). The zero-order valence-electron chi connectivity index (χ0n) is 7.87. The Kier molecular flexibility index (Phi) is 2.73. The van der Waals surface area contributed by atoms with E-state index in [1.54, 1.807) is 19.1 Å². The van der Waals surface area contributed by atoms with Crippen LogP contribution in [0.4, 0.5) is 0 Å². The summed E-state index contributed by atoms with van der Waals surface area (Å²) >= 11 is 0. The van der Waals surface area contributed by atoms with E-state index < -0.39 is 5.97 Å². The molecular weight excluding hydrogens is 182 g/mol. The van der Waals surface area contributed by atoms with E-state index in [4.69, 9.17) is 5.26 Å². The number of esters is 1. The Labute approximate surface area is 81.4 Å². The van der Waals surface area contributed by atoms with Crippen LogP contribution >= 0.6 is 0 Å². The van der Waals surface area contributed by atoms with Crippen molar-refractivity contribution in [3.05, 3.63) is 28.8 Å². The van der Waals surface area contributed by atoms with Gasteiger partial charge in [0.25, 0.3) is 0 Å². The van der Waals surface area contributed by atoms with Crippen LogP contribution in [0.25, 0.3) is 0 Å². The van der Waals surface area contributed by atoms with E-state index in [1.807, 2.05) is 0 Å². The van der Waals surface area contributed by atoms with Crippen molar-refractivity contribution < 1.29 is 14.6 Å². The number of phenols is 1. The molecule has 0 aliphatic rings. The van der Waals surface area contributed by atoms with E-state index in [1.165, 1.54) is 13.2 Å². The van der Waals surface area contributed by atoms with Gasteiger partial charge in [0, 0.05) is 0 Å². The number of carbonyl (C=O) groups is 1. The van der Waals surface area contributed by atoms with Crippen LogP contribution < -0.4 is 0 Å². The lowest BCUT2D eigenvalue weighted by Crippen LogP contribution is -2.06. The third kappa shape index (κ3) is 1.52. The summed E-state index contributed by atoms with van der Waals surface area (Å²) in [6.07, 6.45) is 0. The van der Waals surface area contributed by atoms with Crippen LogP contribution in [0.2, 0.25) is 0 Å². The molecule has 0 spiro atoms. The van der Waals surface area contributed by atoms with Gasteiger partial charge >= 0.3 is 5.97 Å². The molecule has 4 heteroatoms. The van der Waals surface area contributed by atoms with Crippen LogP contribution in [-0.4, -0.2) is 18.2 Å². The molecule has 0 heterocycles. The van der Waals surface area contributed by atoms with Crippen molar-refractivity contribution >= 4 is 5.97 Å². The van der Waals surface area contributed by atoms with Gasteiger partial charge in [0.15, 0.2) is 0 Å². The van der Waals surface area contributed by atoms with Crippen LogP contribution in [0.5, 0.6) is 5.75 Å². The topological polar surface area (TPSA) is 70.3 Å². The van der Waals surface area contributed by atoms with Gasteiger partial charge in [-0.25, -0.2) is 4.79 Å². The van der Waals surface area contributed by atoms with E-state index in [9.17, 15) is 9.90 Å². The van der Waals surface area contributed by atoms with Crippen molar-refractivity contribution in [1.82, 2.24) is 0 Å². The Hall–Kier alpha value is -2.02. The first-order chi connectivity index (χ1) is 6.61. The Morgan fingerprint density at radius 1 is 1.57 bits per heavy atom. The average Bonchev–Trinajstić information content (AvgIpc) is 2.19.